The number of nitro benzene ring substituents is 1. The van der Waals surface area contributed by atoms with Crippen LogP contribution in [0, 0.1) is 10.1 Å². The zero-order chi connectivity index (χ0) is 21.9. The molecule has 2 atom stereocenters. The summed E-state index contributed by atoms with van der Waals surface area (Å²) in [7, 11) is -3.67. The first-order valence-electron chi connectivity index (χ1n) is 9.44. The van der Waals surface area contributed by atoms with E-state index in [4.69, 9.17) is 4.74 Å². The van der Waals surface area contributed by atoms with Gasteiger partial charge in [0.15, 0.2) is 0 Å². The highest BCUT2D eigenvalue weighted by molar-refractivity contribution is 7.89. The Balaban J connectivity index is 1.69. The summed E-state index contributed by atoms with van der Waals surface area (Å²) < 4.78 is 32.7. The number of ether oxygens (including phenoxy) is 1. The quantitative estimate of drug-likeness (QED) is 0.552. The van der Waals surface area contributed by atoms with Crippen molar-refractivity contribution in [3.8, 4) is 0 Å². The van der Waals surface area contributed by atoms with Crippen LogP contribution < -0.4 is 5.32 Å². The number of nitrogens with one attached hydrogen (secondary N) is 1. The van der Waals surface area contributed by atoms with Crippen molar-refractivity contribution in [1.29, 1.82) is 0 Å². The van der Waals surface area contributed by atoms with E-state index in [-0.39, 0.29) is 42.3 Å². The van der Waals surface area contributed by atoms with Gasteiger partial charge in [-0.25, -0.2) is 8.42 Å². The molecule has 1 heterocycles. The Labute approximate surface area is 174 Å². The minimum Gasteiger partial charge on any atom is -0.373 e. The van der Waals surface area contributed by atoms with Gasteiger partial charge in [0.05, 0.1) is 28.4 Å². The molecule has 1 saturated heterocycles. The number of rotatable bonds is 6. The fourth-order valence-corrected chi connectivity index (χ4v) is 4.99. The molecule has 3 rings (SSSR count). The number of morpholine rings is 1. The SMILES string of the molecule is CC1CN(S(=O)(=O)c2ccc(NC(=O)Cc3ccccc3[N+](=O)[O-])cc2)CC(C)O1. The molecule has 2 unspecified atom stereocenters. The summed E-state index contributed by atoms with van der Waals surface area (Å²) in [5.74, 6) is -0.435. The normalized spacial score (nSPS) is 19.9. The molecule has 1 N–H and O–H groups in total. The number of nitrogens with zero attached hydrogens (tertiary/aromatic N) is 2. The average molecular weight is 433 g/mol. The molecular formula is C20H23N3O6S. The second-order valence-electron chi connectivity index (χ2n) is 7.21. The van der Waals surface area contributed by atoms with E-state index in [9.17, 15) is 23.3 Å². The summed E-state index contributed by atoms with van der Waals surface area (Å²) in [6.45, 7) is 4.21. The fourth-order valence-electron chi connectivity index (χ4n) is 3.40. The van der Waals surface area contributed by atoms with Gasteiger partial charge in [-0.1, -0.05) is 18.2 Å². The maximum absolute atomic E-state index is 12.9. The minimum absolute atomic E-state index is 0.122. The van der Waals surface area contributed by atoms with Crippen LogP contribution in [-0.4, -0.2) is 48.9 Å². The van der Waals surface area contributed by atoms with Crippen molar-refractivity contribution in [3.05, 3.63) is 64.2 Å². The highest BCUT2D eigenvalue weighted by atomic mass is 32.2. The van der Waals surface area contributed by atoms with Gasteiger partial charge in [0, 0.05) is 30.4 Å². The number of hydrogen-bond acceptors (Lipinski definition) is 6. The van der Waals surface area contributed by atoms with Crippen molar-refractivity contribution in [1.82, 2.24) is 4.31 Å². The van der Waals surface area contributed by atoms with E-state index in [2.05, 4.69) is 5.32 Å². The van der Waals surface area contributed by atoms with Crippen LogP contribution in [0.1, 0.15) is 19.4 Å². The lowest BCUT2D eigenvalue weighted by Gasteiger charge is -2.34. The molecule has 0 bridgehead atoms. The van der Waals surface area contributed by atoms with E-state index in [0.717, 1.165) is 0 Å². The Kier molecular flexibility index (Phi) is 6.49. The monoisotopic (exact) mass is 433 g/mol. The molecule has 2 aromatic carbocycles. The lowest BCUT2D eigenvalue weighted by atomic mass is 10.1. The van der Waals surface area contributed by atoms with Crippen LogP contribution in [0.3, 0.4) is 0 Å². The molecule has 160 valence electrons. The Morgan fingerprint density at radius 3 is 2.33 bits per heavy atom. The highest BCUT2D eigenvalue weighted by Crippen LogP contribution is 2.23. The summed E-state index contributed by atoms with van der Waals surface area (Å²) in [4.78, 5) is 22.9. The second-order valence-corrected chi connectivity index (χ2v) is 9.15. The second kappa shape index (κ2) is 8.90. The maximum atomic E-state index is 12.9. The van der Waals surface area contributed by atoms with E-state index in [1.807, 2.05) is 13.8 Å². The topological polar surface area (TPSA) is 119 Å². The molecule has 10 heteroatoms. The largest absolute Gasteiger partial charge is 0.373 e. The zero-order valence-electron chi connectivity index (χ0n) is 16.6. The molecule has 2 aromatic rings. The molecule has 0 spiro atoms. The molecule has 1 fully saturated rings. The van der Waals surface area contributed by atoms with Crippen LogP contribution in [0.2, 0.25) is 0 Å². The van der Waals surface area contributed by atoms with Crippen molar-refractivity contribution in [2.75, 3.05) is 18.4 Å². The molecule has 0 aromatic heterocycles. The Hall–Kier alpha value is -2.82. The molecule has 1 amide bonds. The van der Waals surface area contributed by atoms with Gasteiger partial charge in [-0.15, -0.1) is 0 Å². The molecular weight excluding hydrogens is 410 g/mol. The summed E-state index contributed by atoms with van der Waals surface area (Å²) in [5.41, 5.74) is 0.582. The van der Waals surface area contributed by atoms with Crippen LogP contribution in [0.4, 0.5) is 11.4 Å². The number of carbonyl (C=O) groups is 1. The number of nitro groups is 1. The lowest BCUT2D eigenvalue weighted by molar-refractivity contribution is -0.385. The number of para-hydroxylation sites is 1. The molecule has 1 aliphatic rings. The first-order valence-corrected chi connectivity index (χ1v) is 10.9. The van der Waals surface area contributed by atoms with Crippen molar-refractivity contribution in [2.24, 2.45) is 0 Å². The van der Waals surface area contributed by atoms with E-state index < -0.39 is 20.9 Å². The van der Waals surface area contributed by atoms with Gasteiger partial charge in [0.1, 0.15) is 0 Å². The third-order valence-electron chi connectivity index (χ3n) is 4.70. The standard InChI is InChI=1S/C20H23N3O6S/c1-14-12-22(13-15(2)29-14)30(27,28)18-9-7-17(8-10-18)21-20(24)11-16-5-3-4-6-19(16)23(25)26/h3-10,14-15H,11-13H2,1-2H3,(H,21,24). The number of anilines is 1. The van der Waals surface area contributed by atoms with Crippen molar-refractivity contribution < 1.29 is 22.9 Å². The van der Waals surface area contributed by atoms with Crippen molar-refractivity contribution in [2.45, 2.75) is 37.4 Å². The summed E-state index contributed by atoms with van der Waals surface area (Å²) in [6.07, 6.45) is -0.547. The first kappa shape index (κ1) is 21.9. The van der Waals surface area contributed by atoms with Gasteiger partial charge >= 0.3 is 0 Å². The lowest BCUT2D eigenvalue weighted by Crippen LogP contribution is -2.48. The van der Waals surface area contributed by atoms with Gasteiger partial charge in [-0.05, 0) is 38.1 Å². The smallest absolute Gasteiger partial charge is 0.273 e. The van der Waals surface area contributed by atoms with Crippen LogP contribution in [0.15, 0.2) is 53.4 Å². The zero-order valence-corrected chi connectivity index (χ0v) is 17.5. The number of benzene rings is 2. The van der Waals surface area contributed by atoms with E-state index >= 15 is 0 Å². The molecule has 0 aliphatic carbocycles. The fraction of sp³-hybridized carbons (Fsp3) is 0.350. The molecule has 30 heavy (non-hydrogen) atoms. The van der Waals surface area contributed by atoms with Gasteiger partial charge in [0.25, 0.3) is 5.69 Å². The molecule has 9 nitrogen and oxygen atoms in total. The Bertz CT molecular complexity index is 1030. The minimum atomic E-state index is -3.67. The van der Waals surface area contributed by atoms with Crippen LogP contribution >= 0.6 is 0 Å². The van der Waals surface area contributed by atoms with Crippen LogP contribution in [0.25, 0.3) is 0 Å². The summed E-state index contributed by atoms with van der Waals surface area (Å²) in [5, 5.41) is 13.7. The van der Waals surface area contributed by atoms with Crippen molar-refractivity contribution >= 4 is 27.3 Å². The van der Waals surface area contributed by atoms with E-state index in [1.54, 1.807) is 6.07 Å². The average Bonchev–Trinajstić information content (AvgIpc) is 2.68. The predicted octanol–water partition coefficient (Wildman–Crippen LogP) is 2.57. The van der Waals surface area contributed by atoms with E-state index in [0.29, 0.717) is 11.3 Å². The molecule has 1 aliphatic heterocycles. The number of carbonyl (C=O) groups excluding carboxylic acids is 1. The van der Waals surface area contributed by atoms with Gasteiger partial charge in [-0.3, -0.25) is 14.9 Å². The maximum Gasteiger partial charge on any atom is 0.273 e. The number of sulfonamides is 1. The van der Waals surface area contributed by atoms with Gasteiger partial charge in [0.2, 0.25) is 15.9 Å². The van der Waals surface area contributed by atoms with Gasteiger partial charge in [-0.2, -0.15) is 4.31 Å². The summed E-state index contributed by atoms with van der Waals surface area (Å²) >= 11 is 0. The first-order chi connectivity index (χ1) is 14.2. The van der Waals surface area contributed by atoms with Crippen LogP contribution in [0.5, 0.6) is 0 Å². The third-order valence-corrected chi connectivity index (χ3v) is 6.55. The Morgan fingerprint density at radius 2 is 1.73 bits per heavy atom. The van der Waals surface area contributed by atoms with Crippen molar-refractivity contribution in [3.63, 3.8) is 0 Å². The van der Waals surface area contributed by atoms with Gasteiger partial charge < -0.3 is 10.1 Å². The number of amides is 1. The van der Waals surface area contributed by atoms with E-state index in [1.165, 1.54) is 46.8 Å². The molecule has 0 radical (unpaired) electrons. The summed E-state index contributed by atoms with van der Waals surface area (Å²) in [6, 6.07) is 11.9. The third kappa shape index (κ3) is 5.02. The molecule has 0 saturated carbocycles. The highest BCUT2D eigenvalue weighted by Gasteiger charge is 2.32. The van der Waals surface area contributed by atoms with Crippen LogP contribution in [-0.2, 0) is 26.0 Å². The number of hydrogen-bond donors (Lipinski definition) is 1. The Morgan fingerprint density at radius 1 is 1.13 bits per heavy atom. The predicted molar refractivity (Wildman–Crippen MR) is 111 cm³/mol.